The first kappa shape index (κ1) is 19.6. The molecular weight excluding hydrogens is 374 g/mol. The molecule has 1 aromatic heterocycles. The van der Waals surface area contributed by atoms with Crippen LogP contribution < -0.4 is 5.43 Å². The molecule has 0 saturated carbocycles. The van der Waals surface area contributed by atoms with Gasteiger partial charge >= 0.3 is 0 Å². The summed E-state index contributed by atoms with van der Waals surface area (Å²) in [7, 11) is 0. The number of hydrogen-bond donors (Lipinski definition) is 2. The number of nitrogens with one attached hydrogen (secondary N) is 1. The summed E-state index contributed by atoms with van der Waals surface area (Å²) in [6, 6.07) is 25.3. The SMILES string of the molecule is Cc1cc(/C=N\NC(=O)[C@@H](O)c2ccccc2)c(C)n1-c1cccc2ccccc12. The lowest BCUT2D eigenvalue weighted by Crippen LogP contribution is -2.25. The zero-order chi connectivity index (χ0) is 21.1. The van der Waals surface area contributed by atoms with Gasteiger partial charge in [-0.1, -0.05) is 66.7 Å². The van der Waals surface area contributed by atoms with E-state index in [0.717, 1.165) is 22.6 Å². The predicted octanol–water partition coefficient (Wildman–Crippen LogP) is 4.43. The van der Waals surface area contributed by atoms with E-state index in [1.807, 2.05) is 38.1 Å². The molecule has 30 heavy (non-hydrogen) atoms. The fraction of sp³-hybridized carbons (Fsp3) is 0.120. The summed E-state index contributed by atoms with van der Waals surface area (Å²) < 4.78 is 2.18. The molecule has 0 fully saturated rings. The molecule has 2 N–H and O–H groups in total. The maximum atomic E-state index is 12.2. The number of nitrogens with zero attached hydrogens (tertiary/aromatic N) is 2. The maximum Gasteiger partial charge on any atom is 0.273 e. The van der Waals surface area contributed by atoms with Crippen LogP contribution >= 0.6 is 0 Å². The second-order valence-corrected chi connectivity index (χ2v) is 7.21. The molecule has 0 aliphatic carbocycles. The Labute approximate surface area is 175 Å². The Kier molecular flexibility index (Phi) is 5.46. The molecule has 0 saturated heterocycles. The topological polar surface area (TPSA) is 66.6 Å². The average molecular weight is 397 g/mol. The molecule has 1 atom stereocenters. The van der Waals surface area contributed by atoms with Crippen molar-refractivity contribution in [3.63, 3.8) is 0 Å². The number of hydrogen-bond acceptors (Lipinski definition) is 3. The van der Waals surface area contributed by atoms with Gasteiger partial charge in [0.2, 0.25) is 0 Å². The number of hydrazone groups is 1. The van der Waals surface area contributed by atoms with Crippen LogP contribution in [0.25, 0.3) is 16.5 Å². The van der Waals surface area contributed by atoms with E-state index in [1.54, 1.807) is 30.5 Å². The number of benzene rings is 3. The Morgan fingerprint density at radius 1 is 1.00 bits per heavy atom. The predicted molar refractivity (Wildman–Crippen MR) is 120 cm³/mol. The van der Waals surface area contributed by atoms with E-state index in [9.17, 15) is 9.90 Å². The largest absolute Gasteiger partial charge is 0.378 e. The highest BCUT2D eigenvalue weighted by molar-refractivity contribution is 5.91. The number of aliphatic hydroxyl groups excluding tert-OH is 1. The molecule has 0 radical (unpaired) electrons. The van der Waals surface area contributed by atoms with Crippen LogP contribution in [0, 0.1) is 13.8 Å². The van der Waals surface area contributed by atoms with E-state index in [4.69, 9.17) is 0 Å². The quantitative estimate of drug-likeness (QED) is 0.386. The first-order valence-corrected chi connectivity index (χ1v) is 9.79. The van der Waals surface area contributed by atoms with Crippen molar-refractivity contribution in [1.29, 1.82) is 0 Å². The second-order valence-electron chi connectivity index (χ2n) is 7.21. The van der Waals surface area contributed by atoms with Crippen LogP contribution in [0.5, 0.6) is 0 Å². The van der Waals surface area contributed by atoms with Crippen LogP contribution in [0.15, 0.2) is 84.0 Å². The second kappa shape index (κ2) is 8.35. The summed E-state index contributed by atoms with van der Waals surface area (Å²) in [4.78, 5) is 12.2. The lowest BCUT2D eigenvalue weighted by atomic mass is 10.1. The van der Waals surface area contributed by atoms with Crippen LogP contribution in [0.1, 0.15) is 28.6 Å². The summed E-state index contributed by atoms with van der Waals surface area (Å²) in [6.45, 7) is 4.07. The van der Waals surface area contributed by atoms with E-state index in [1.165, 1.54) is 10.8 Å². The van der Waals surface area contributed by atoms with Gasteiger partial charge in [0.05, 0.1) is 11.9 Å². The molecule has 5 heteroatoms. The van der Waals surface area contributed by atoms with Gasteiger partial charge in [-0.15, -0.1) is 0 Å². The standard InChI is InChI=1S/C25H23N3O2/c1-17-15-21(16-26-27-25(30)24(29)20-10-4-3-5-11-20)18(2)28(17)23-14-8-12-19-9-6-7-13-22(19)23/h3-16,24,29H,1-2H3,(H,27,30)/b26-16-/t24-/m0/s1. The van der Waals surface area contributed by atoms with E-state index in [-0.39, 0.29) is 0 Å². The first-order valence-electron chi connectivity index (χ1n) is 9.79. The number of amides is 1. The van der Waals surface area contributed by atoms with Gasteiger partial charge in [0.25, 0.3) is 5.91 Å². The minimum absolute atomic E-state index is 0.527. The monoisotopic (exact) mass is 397 g/mol. The Hall–Kier alpha value is -3.70. The third kappa shape index (κ3) is 3.75. The van der Waals surface area contributed by atoms with Gasteiger partial charge in [-0.2, -0.15) is 5.10 Å². The van der Waals surface area contributed by atoms with E-state index in [0.29, 0.717) is 5.56 Å². The molecule has 1 heterocycles. The van der Waals surface area contributed by atoms with Crippen LogP contribution in [-0.4, -0.2) is 21.8 Å². The number of aryl methyl sites for hydroxylation is 1. The number of fused-ring (bicyclic) bond motifs is 1. The molecule has 0 unspecified atom stereocenters. The van der Waals surface area contributed by atoms with Crippen molar-refractivity contribution in [2.24, 2.45) is 5.10 Å². The van der Waals surface area contributed by atoms with Crippen molar-refractivity contribution in [1.82, 2.24) is 9.99 Å². The zero-order valence-electron chi connectivity index (χ0n) is 16.9. The number of rotatable bonds is 5. The molecule has 0 spiro atoms. The third-order valence-electron chi connectivity index (χ3n) is 5.22. The molecular formula is C25H23N3O2. The lowest BCUT2D eigenvalue weighted by molar-refractivity contribution is -0.129. The number of carbonyl (C=O) groups excluding carboxylic acids is 1. The van der Waals surface area contributed by atoms with Crippen molar-refractivity contribution in [2.45, 2.75) is 20.0 Å². The van der Waals surface area contributed by atoms with Crippen molar-refractivity contribution >= 4 is 22.9 Å². The van der Waals surface area contributed by atoms with Crippen LogP contribution in [-0.2, 0) is 4.79 Å². The lowest BCUT2D eigenvalue weighted by Gasteiger charge is -2.13. The van der Waals surface area contributed by atoms with Crippen LogP contribution in [0.2, 0.25) is 0 Å². The van der Waals surface area contributed by atoms with Gasteiger partial charge in [0, 0.05) is 22.3 Å². The molecule has 0 aliphatic heterocycles. The summed E-state index contributed by atoms with van der Waals surface area (Å²) in [5, 5.41) is 16.6. The average Bonchev–Trinajstić information content (AvgIpc) is 3.06. The van der Waals surface area contributed by atoms with Crippen LogP contribution in [0.3, 0.4) is 0 Å². The van der Waals surface area contributed by atoms with Crippen molar-refractivity contribution in [3.05, 3.63) is 101 Å². The minimum Gasteiger partial charge on any atom is -0.378 e. The zero-order valence-corrected chi connectivity index (χ0v) is 16.9. The summed E-state index contributed by atoms with van der Waals surface area (Å²) >= 11 is 0. The molecule has 5 nitrogen and oxygen atoms in total. The number of aliphatic hydroxyl groups is 1. The first-order chi connectivity index (χ1) is 14.6. The molecule has 1 amide bonds. The van der Waals surface area contributed by atoms with Gasteiger partial charge in [-0.05, 0) is 36.9 Å². The van der Waals surface area contributed by atoms with Crippen molar-refractivity contribution in [2.75, 3.05) is 0 Å². The molecule has 4 rings (SSSR count). The van der Waals surface area contributed by atoms with Gasteiger partial charge in [0.1, 0.15) is 0 Å². The smallest absolute Gasteiger partial charge is 0.273 e. The highest BCUT2D eigenvalue weighted by atomic mass is 16.3. The fourth-order valence-corrected chi connectivity index (χ4v) is 3.71. The molecule has 150 valence electrons. The van der Waals surface area contributed by atoms with E-state index < -0.39 is 12.0 Å². The Bertz CT molecular complexity index is 1220. The Morgan fingerprint density at radius 3 is 2.50 bits per heavy atom. The minimum atomic E-state index is -1.26. The summed E-state index contributed by atoms with van der Waals surface area (Å²) in [5.41, 5.74) is 7.04. The molecule has 0 bridgehead atoms. The molecule has 0 aliphatic rings. The summed E-state index contributed by atoms with van der Waals surface area (Å²) in [5.74, 6) is -0.569. The van der Waals surface area contributed by atoms with Gasteiger partial charge in [-0.3, -0.25) is 4.79 Å². The third-order valence-corrected chi connectivity index (χ3v) is 5.22. The van der Waals surface area contributed by atoms with Crippen molar-refractivity contribution < 1.29 is 9.90 Å². The molecule has 3 aromatic carbocycles. The van der Waals surface area contributed by atoms with Gasteiger partial charge in [0.15, 0.2) is 6.10 Å². The fourth-order valence-electron chi connectivity index (χ4n) is 3.71. The van der Waals surface area contributed by atoms with Crippen molar-refractivity contribution in [3.8, 4) is 5.69 Å². The normalized spacial score (nSPS) is 12.4. The molecule has 4 aromatic rings. The van der Waals surface area contributed by atoms with Crippen LogP contribution in [0.4, 0.5) is 0 Å². The highest BCUT2D eigenvalue weighted by Gasteiger charge is 2.16. The Balaban J connectivity index is 1.57. The van der Waals surface area contributed by atoms with E-state index in [2.05, 4.69) is 45.4 Å². The number of aromatic nitrogens is 1. The van der Waals surface area contributed by atoms with Gasteiger partial charge < -0.3 is 9.67 Å². The summed E-state index contributed by atoms with van der Waals surface area (Å²) in [6.07, 6.45) is 0.353. The Morgan fingerprint density at radius 2 is 1.70 bits per heavy atom. The number of carbonyl (C=O) groups is 1. The van der Waals surface area contributed by atoms with E-state index >= 15 is 0 Å². The maximum absolute atomic E-state index is 12.2. The van der Waals surface area contributed by atoms with Gasteiger partial charge in [-0.25, -0.2) is 5.43 Å². The highest BCUT2D eigenvalue weighted by Crippen LogP contribution is 2.26.